The van der Waals surface area contributed by atoms with Crippen molar-refractivity contribution in [2.75, 3.05) is 11.9 Å². The smallest absolute Gasteiger partial charge is 0.414 e. The highest BCUT2D eigenvalue weighted by Crippen LogP contribution is 2.18. The normalized spacial score (nSPS) is 11.5. The Bertz CT molecular complexity index is 667. The Hall–Kier alpha value is -2.55. The summed E-state index contributed by atoms with van der Waals surface area (Å²) in [6.07, 6.45) is 3.75. The van der Waals surface area contributed by atoms with E-state index in [2.05, 4.69) is 18.2 Å². The van der Waals surface area contributed by atoms with Crippen LogP contribution in [0.1, 0.15) is 31.9 Å². The molecule has 0 spiro atoms. The fraction of sp³-hybridized carbons (Fsp3) is 0.250. The van der Waals surface area contributed by atoms with E-state index < -0.39 is 5.60 Å². The zero-order valence-corrected chi connectivity index (χ0v) is 14.1. The number of benzene rings is 2. The van der Waals surface area contributed by atoms with E-state index in [0.717, 1.165) is 16.8 Å². The van der Waals surface area contributed by atoms with Gasteiger partial charge in [-0.1, -0.05) is 54.6 Å². The molecule has 0 bridgehead atoms. The SMILES string of the molecule is CN(C(=O)OC(C)(C)C)c1ccc(C=Cc2ccccc2)cc1. The lowest BCUT2D eigenvalue weighted by Crippen LogP contribution is -2.34. The molecular weight excluding hydrogens is 286 g/mol. The lowest BCUT2D eigenvalue weighted by molar-refractivity contribution is 0.0589. The van der Waals surface area contributed by atoms with Crippen LogP contribution >= 0.6 is 0 Å². The zero-order chi connectivity index (χ0) is 16.9. The summed E-state index contributed by atoms with van der Waals surface area (Å²) < 4.78 is 5.36. The van der Waals surface area contributed by atoms with Crippen molar-refractivity contribution < 1.29 is 9.53 Å². The highest BCUT2D eigenvalue weighted by Gasteiger charge is 2.20. The number of carbonyl (C=O) groups is 1. The van der Waals surface area contributed by atoms with Crippen molar-refractivity contribution in [1.29, 1.82) is 0 Å². The molecule has 120 valence electrons. The number of nitrogens with zero attached hydrogens (tertiary/aromatic N) is 1. The highest BCUT2D eigenvalue weighted by atomic mass is 16.6. The van der Waals surface area contributed by atoms with Crippen LogP contribution in [-0.4, -0.2) is 18.7 Å². The minimum Gasteiger partial charge on any atom is -0.443 e. The molecule has 0 radical (unpaired) electrons. The summed E-state index contributed by atoms with van der Waals surface area (Å²) in [4.78, 5) is 13.6. The van der Waals surface area contributed by atoms with E-state index in [9.17, 15) is 4.79 Å². The summed E-state index contributed by atoms with van der Waals surface area (Å²) in [5.74, 6) is 0. The van der Waals surface area contributed by atoms with E-state index >= 15 is 0 Å². The molecule has 2 rings (SSSR count). The van der Waals surface area contributed by atoms with Crippen LogP contribution in [0.5, 0.6) is 0 Å². The monoisotopic (exact) mass is 309 g/mol. The average Bonchev–Trinajstić information content (AvgIpc) is 2.52. The standard InChI is InChI=1S/C20H23NO2/c1-20(2,3)23-19(22)21(4)18-14-12-17(13-15-18)11-10-16-8-6-5-7-9-16/h5-15H,1-4H3. The largest absolute Gasteiger partial charge is 0.443 e. The molecule has 0 fully saturated rings. The third kappa shape index (κ3) is 5.29. The molecule has 0 aliphatic carbocycles. The molecule has 0 heterocycles. The molecule has 0 N–H and O–H groups in total. The van der Waals surface area contributed by atoms with Gasteiger partial charge in [0.05, 0.1) is 0 Å². The Morgan fingerprint density at radius 1 is 0.913 bits per heavy atom. The predicted octanol–water partition coefficient (Wildman–Crippen LogP) is 5.23. The lowest BCUT2D eigenvalue weighted by atomic mass is 10.1. The van der Waals surface area contributed by atoms with E-state index in [1.165, 1.54) is 4.90 Å². The molecule has 0 aliphatic heterocycles. The van der Waals surface area contributed by atoms with Crippen molar-refractivity contribution in [3.63, 3.8) is 0 Å². The average molecular weight is 309 g/mol. The van der Waals surface area contributed by atoms with Gasteiger partial charge in [-0.3, -0.25) is 4.90 Å². The van der Waals surface area contributed by atoms with Gasteiger partial charge in [-0.15, -0.1) is 0 Å². The summed E-state index contributed by atoms with van der Waals surface area (Å²) in [6, 6.07) is 17.9. The van der Waals surface area contributed by atoms with E-state index in [0.29, 0.717) is 0 Å². The Balaban J connectivity index is 2.04. The van der Waals surface area contributed by atoms with Gasteiger partial charge in [-0.25, -0.2) is 4.79 Å². The molecule has 0 atom stereocenters. The van der Waals surface area contributed by atoms with Gasteiger partial charge in [0, 0.05) is 12.7 Å². The Labute approximate surface area is 138 Å². The highest BCUT2D eigenvalue weighted by molar-refractivity contribution is 5.87. The maximum atomic E-state index is 12.0. The Morgan fingerprint density at radius 2 is 1.43 bits per heavy atom. The quantitative estimate of drug-likeness (QED) is 0.727. The number of carbonyl (C=O) groups excluding carboxylic acids is 1. The van der Waals surface area contributed by atoms with Gasteiger partial charge in [0.15, 0.2) is 0 Å². The van der Waals surface area contributed by atoms with Crippen LogP contribution in [0.4, 0.5) is 10.5 Å². The van der Waals surface area contributed by atoms with Crippen LogP contribution in [0, 0.1) is 0 Å². The second kappa shape index (κ2) is 7.14. The number of hydrogen-bond donors (Lipinski definition) is 0. The molecule has 3 nitrogen and oxygen atoms in total. The van der Waals surface area contributed by atoms with Crippen molar-refractivity contribution in [3.8, 4) is 0 Å². The first-order valence-electron chi connectivity index (χ1n) is 7.65. The summed E-state index contributed by atoms with van der Waals surface area (Å²) in [7, 11) is 1.71. The molecule has 0 saturated carbocycles. The number of ether oxygens (including phenoxy) is 1. The Kier molecular flexibility index (Phi) is 5.22. The molecule has 2 aromatic carbocycles. The summed E-state index contributed by atoms with van der Waals surface area (Å²) in [5.41, 5.74) is 2.54. The third-order valence-electron chi connectivity index (χ3n) is 3.22. The van der Waals surface area contributed by atoms with Crippen molar-refractivity contribution in [3.05, 3.63) is 65.7 Å². The molecular formula is C20H23NO2. The number of anilines is 1. The fourth-order valence-corrected chi connectivity index (χ4v) is 2.00. The van der Waals surface area contributed by atoms with E-state index in [1.54, 1.807) is 7.05 Å². The molecule has 23 heavy (non-hydrogen) atoms. The van der Waals surface area contributed by atoms with E-state index in [4.69, 9.17) is 4.74 Å². The second-order valence-electron chi connectivity index (χ2n) is 6.37. The third-order valence-corrected chi connectivity index (χ3v) is 3.22. The second-order valence-corrected chi connectivity index (χ2v) is 6.37. The van der Waals surface area contributed by atoms with Gasteiger partial charge in [-0.05, 0) is 44.0 Å². The number of amides is 1. The Morgan fingerprint density at radius 3 is 1.96 bits per heavy atom. The van der Waals surface area contributed by atoms with Crippen LogP contribution in [-0.2, 0) is 4.74 Å². The first-order valence-corrected chi connectivity index (χ1v) is 7.65. The molecule has 1 amide bonds. The number of rotatable bonds is 3. The number of hydrogen-bond acceptors (Lipinski definition) is 2. The minimum absolute atomic E-state index is 0.356. The lowest BCUT2D eigenvalue weighted by Gasteiger charge is -2.24. The molecule has 0 saturated heterocycles. The van der Waals surface area contributed by atoms with Crippen LogP contribution in [0.25, 0.3) is 12.2 Å². The van der Waals surface area contributed by atoms with Gasteiger partial charge < -0.3 is 4.74 Å². The van der Waals surface area contributed by atoms with E-state index in [1.807, 2.05) is 69.3 Å². The summed E-state index contributed by atoms with van der Waals surface area (Å²) >= 11 is 0. The maximum Gasteiger partial charge on any atom is 0.414 e. The first-order chi connectivity index (χ1) is 10.8. The molecule has 0 aliphatic rings. The van der Waals surface area contributed by atoms with Crippen molar-refractivity contribution >= 4 is 23.9 Å². The molecule has 3 heteroatoms. The minimum atomic E-state index is -0.496. The van der Waals surface area contributed by atoms with Gasteiger partial charge in [0.25, 0.3) is 0 Å². The van der Waals surface area contributed by atoms with Crippen LogP contribution in [0.3, 0.4) is 0 Å². The first kappa shape index (κ1) is 16.8. The summed E-state index contributed by atoms with van der Waals surface area (Å²) in [5, 5.41) is 0. The predicted molar refractivity (Wildman–Crippen MR) is 96.4 cm³/mol. The van der Waals surface area contributed by atoms with Gasteiger partial charge >= 0.3 is 6.09 Å². The molecule has 2 aromatic rings. The van der Waals surface area contributed by atoms with Crippen LogP contribution in [0.15, 0.2) is 54.6 Å². The summed E-state index contributed by atoms with van der Waals surface area (Å²) in [6.45, 7) is 5.57. The van der Waals surface area contributed by atoms with Gasteiger partial charge in [0.1, 0.15) is 5.60 Å². The maximum absolute atomic E-state index is 12.0. The van der Waals surface area contributed by atoms with Gasteiger partial charge in [-0.2, -0.15) is 0 Å². The topological polar surface area (TPSA) is 29.5 Å². The van der Waals surface area contributed by atoms with Crippen LogP contribution < -0.4 is 4.90 Å². The van der Waals surface area contributed by atoms with Crippen molar-refractivity contribution in [2.45, 2.75) is 26.4 Å². The molecule has 0 unspecified atom stereocenters. The van der Waals surface area contributed by atoms with Crippen LogP contribution in [0.2, 0.25) is 0 Å². The zero-order valence-electron chi connectivity index (χ0n) is 14.1. The molecule has 0 aromatic heterocycles. The van der Waals surface area contributed by atoms with Crippen molar-refractivity contribution in [2.24, 2.45) is 0 Å². The van der Waals surface area contributed by atoms with Gasteiger partial charge in [0.2, 0.25) is 0 Å². The van der Waals surface area contributed by atoms with E-state index in [-0.39, 0.29) is 6.09 Å². The fourth-order valence-electron chi connectivity index (χ4n) is 2.00. The van der Waals surface area contributed by atoms with Crippen molar-refractivity contribution in [1.82, 2.24) is 0 Å².